The molecule has 0 aromatic carbocycles. The summed E-state index contributed by atoms with van der Waals surface area (Å²) >= 11 is 0. The van der Waals surface area contributed by atoms with Crippen LogP contribution in [-0.4, -0.2) is 56.7 Å². The summed E-state index contributed by atoms with van der Waals surface area (Å²) in [7, 11) is 2.16. The van der Waals surface area contributed by atoms with E-state index < -0.39 is 0 Å². The van der Waals surface area contributed by atoms with Crippen molar-refractivity contribution < 1.29 is 0 Å². The summed E-state index contributed by atoms with van der Waals surface area (Å²) in [5.41, 5.74) is 5.57. The zero-order valence-electron chi connectivity index (χ0n) is 17.0. The molecule has 3 aromatic rings. The number of aromatic nitrogens is 4. The lowest BCUT2D eigenvalue weighted by molar-refractivity contribution is 0.263. The maximum Gasteiger partial charge on any atom is 0.224 e. The highest BCUT2D eigenvalue weighted by Gasteiger charge is 2.18. The van der Waals surface area contributed by atoms with Crippen LogP contribution in [-0.2, 0) is 0 Å². The summed E-state index contributed by atoms with van der Waals surface area (Å²) in [4.78, 5) is 24.1. The zero-order valence-corrected chi connectivity index (χ0v) is 17.0. The molecule has 0 amide bonds. The van der Waals surface area contributed by atoms with Crippen molar-refractivity contribution in [3.63, 3.8) is 0 Å². The van der Waals surface area contributed by atoms with E-state index in [0.29, 0.717) is 12.0 Å². The average molecular weight is 377 g/mol. The van der Waals surface area contributed by atoms with Gasteiger partial charge >= 0.3 is 0 Å². The number of pyridine rings is 1. The molecule has 0 aliphatic carbocycles. The van der Waals surface area contributed by atoms with Gasteiger partial charge in [0.25, 0.3) is 0 Å². The van der Waals surface area contributed by atoms with Crippen LogP contribution in [0.5, 0.6) is 0 Å². The van der Waals surface area contributed by atoms with Crippen molar-refractivity contribution in [3.8, 4) is 11.3 Å². The molecule has 1 aliphatic heterocycles. The predicted octanol–water partition coefficient (Wildman–Crippen LogP) is 3.95. The number of aryl methyl sites for hydroxylation is 1. The lowest BCUT2D eigenvalue weighted by Crippen LogP contribution is -2.37. The molecular formula is C21H27N7. The van der Waals surface area contributed by atoms with Crippen molar-refractivity contribution in [2.45, 2.75) is 39.7 Å². The van der Waals surface area contributed by atoms with E-state index in [1.165, 1.54) is 0 Å². The van der Waals surface area contributed by atoms with Crippen LogP contribution in [0.3, 0.4) is 0 Å². The Hall–Kier alpha value is -2.80. The van der Waals surface area contributed by atoms with Crippen LogP contribution in [0.15, 0.2) is 29.5 Å². The minimum absolute atomic E-state index is 0.433. The molecule has 146 valence electrons. The van der Waals surface area contributed by atoms with Crippen LogP contribution in [0.1, 0.15) is 32.4 Å². The van der Waals surface area contributed by atoms with Crippen molar-refractivity contribution in [2.75, 3.05) is 25.5 Å². The van der Waals surface area contributed by atoms with Crippen LogP contribution in [0.4, 0.5) is 11.6 Å². The molecule has 1 saturated heterocycles. The highest BCUT2D eigenvalue weighted by Crippen LogP contribution is 2.29. The van der Waals surface area contributed by atoms with Crippen LogP contribution < -0.4 is 5.32 Å². The monoisotopic (exact) mass is 377 g/mol. The molecule has 4 heterocycles. The minimum atomic E-state index is 0.433. The average Bonchev–Trinajstić information content (AvgIpc) is 3.08. The normalized spacial score (nSPS) is 15.7. The van der Waals surface area contributed by atoms with Gasteiger partial charge in [0, 0.05) is 35.1 Å². The lowest BCUT2D eigenvalue weighted by atomic mass is 10.1. The number of nitrogens with zero attached hydrogens (tertiary/aromatic N) is 5. The van der Waals surface area contributed by atoms with Gasteiger partial charge in [0.2, 0.25) is 5.95 Å². The van der Waals surface area contributed by atoms with Gasteiger partial charge in [-0.25, -0.2) is 4.98 Å². The summed E-state index contributed by atoms with van der Waals surface area (Å²) < 4.78 is 0. The van der Waals surface area contributed by atoms with Gasteiger partial charge in [-0.05, 0) is 65.9 Å². The molecule has 4 rings (SSSR count). The third-order valence-corrected chi connectivity index (χ3v) is 5.16. The molecule has 1 aliphatic rings. The van der Waals surface area contributed by atoms with E-state index in [2.05, 4.69) is 37.2 Å². The molecule has 0 atom stereocenters. The van der Waals surface area contributed by atoms with Gasteiger partial charge in [0.15, 0.2) is 0 Å². The van der Waals surface area contributed by atoms with Crippen LogP contribution >= 0.6 is 0 Å². The number of piperidine rings is 1. The van der Waals surface area contributed by atoms with Gasteiger partial charge in [0.1, 0.15) is 5.65 Å². The van der Waals surface area contributed by atoms with E-state index in [-0.39, 0.29) is 0 Å². The van der Waals surface area contributed by atoms with Gasteiger partial charge in [-0.2, -0.15) is 4.98 Å². The zero-order chi connectivity index (χ0) is 19.7. The van der Waals surface area contributed by atoms with Crippen molar-refractivity contribution in [1.82, 2.24) is 24.8 Å². The summed E-state index contributed by atoms with van der Waals surface area (Å²) in [5.74, 6) is 0.683. The molecule has 0 radical (unpaired) electrons. The second kappa shape index (κ2) is 7.67. The summed E-state index contributed by atoms with van der Waals surface area (Å²) in [5, 5.41) is 4.45. The Kier molecular flexibility index (Phi) is 5.09. The van der Waals surface area contributed by atoms with Gasteiger partial charge in [-0.3, -0.25) is 9.98 Å². The standard InChI is InChI=1S/C21H27N7/c1-13(2)24-18-5-6-19(25-14(18)3)16-11-22-20-17(16)12-23-21(27-20)26-15-7-9-28(4)10-8-15/h5-6,11-12,15H,7-10H2,1-4H3,(H2,22,23,26,27). The Morgan fingerprint density at radius 3 is 2.71 bits per heavy atom. The molecule has 2 N–H and O–H groups in total. The molecule has 28 heavy (non-hydrogen) atoms. The van der Waals surface area contributed by atoms with E-state index in [0.717, 1.165) is 65.3 Å². The Morgan fingerprint density at radius 1 is 1.21 bits per heavy atom. The van der Waals surface area contributed by atoms with E-state index in [4.69, 9.17) is 4.98 Å². The second-order valence-corrected chi connectivity index (χ2v) is 7.74. The number of H-pyrrole nitrogens is 1. The Labute approximate surface area is 165 Å². The molecule has 0 bridgehead atoms. The number of aliphatic imine (C=N–C) groups is 1. The Bertz CT molecular complexity index is 1010. The fraction of sp³-hybridized carbons (Fsp3) is 0.429. The number of fused-ring (bicyclic) bond motifs is 1. The van der Waals surface area contributed by atoms with Crippen molar-refractivity contribution in [1.29, 1.82) is 0 Å². The van der Waals surface area contributed by atoms with E-state index in [1.807, 2.05) is 45.3 Å². The molecular weight excluding hydrogens is 350 g/mol. The highest BCUT2D eigenvalue weighted by atomic mass is 15.2. The molecule has 1 fully saturated rings. The number of hydrogen-bond acceptors (Lipinski definition) is 6. The largest absolute Gasteiger partial charge is 0.351 e. The number of hydrogen-bond donors (Lipinski definition) is 2. The van der Waals surface area contributed by atoms with Crippen LogP contribution in [0, 0.1) is 6.92 Å². The molecule has 0 saturated carbocycles. The highest BCUT2D eigenvalue weighted by molar-refractivity contribution is 5.92. The van der Waals surface area contributed by atoms with E-state index in [1.54, 1.807) is 0 Å². The lowest BCUT2D eigenvalue weighted by Gasteiger charge is -2.29. The molecule has 7 nitrogen and oxygen atoms in total. The first-order valence-electron chi connectivity index (χ1n) is 9.78. The third-order valence-electron chi connectivity index (χ3n) is 5.16. The smallest absolute Gasteiger partial charge is 0.224 e. The topological polar surface area (TPSA) is 82.1 Å². The van der Waals surface area contributed by atoms with Crippen LogP contribution in [0.25, 0.3) is 22.3 Å². The van der Waals surface area contributed by atoms with Crippen molar-refractivity contribution in [3.05, 3.63) is 30.2 Å². The Balaban J connectivity index is 1.58. The number of anilines is 1. The molecule has 0 unspecified atom stereocenters. The summed E-state index contributed by atoms with van der Waals surface area (Å²) in [6.07, 6.45) is 6.06. The quantitative estimate of drug-likeness (QED) is 0.673. The summed E-state index contributed by atoms with van der Waals surface area (Å²) in [6, 6.07) is 4.45. The molecule has 3 aromatic heterocycles. The fourth-order valence-electron chi connectivity index (χ4n) is 3.59. The maximum atomic E-state index is 4.74. The third kappa shape index (κ3) is 3.89. The first-order chi connectivity index (χ1) is 13.5. The first-order valence-corrected chi connectivity index (χ1v) is 9.78. The fourth-order valence-corrected chi connectivity index (χ4v) is 3.59. The molecule has 0 spiro atoms. The van der Waals surface area contributed by atoms with Gasteiger partial charge in [0.05, 0.1) is 17.1 Å². The van der Waals surface area contributed by atoms with Gasteiger partial charge < -0.3 is 15.2 Å². The van der Waals surface area contributed by atoms with Gasteiger partial charge in [-0.1, -0.05) is 0 Å². The predicted molar refractivity (Wildman–Crippen MR) is 114 cm³/mol. The van der Waals surface area contributed by atoms with E-state index >= 15 is 0 Å². The van der Waals surface area contributed by atoms with Crippen molar-refractivity contribution in [2.24, 2.45) is 4.99 Å². The van der Waals surface area contributed by atoms with Crippen molar-refractivity contribution >= 4 is 28.4 Å². The number of nitrogens with one attached hydrogen (secondary N) is 2. The maximum absolute atomic E-state index is 4.74. The van der Waals surface area contributed by atoms with Gasteiger partial charge in [-0.15, -0.1) is 0 Å². The number of likely N-dealkylation sites (tertiary alicyclic amines) is 1. The number of rotatable bonds is 4. The van der Waals surface area contributed by atoms with E-state index in [9.17, 15) is 0 Å². The summed E-state index contributed by atoms with van der Waals surface area (Å²) in [6.45, 7) is 8.17. The van der Waals surface area contributed by atoms with Crippen LogP contribution in [0.2, 0.25) is 0 Å². The SMILES string of the molecule is CC(C)=Nc1ccc(-c2c[nH]c3nc(NC4CCN(C)CC4)ncc23)nc1C. The minimum Gasteiger partial charge on any atom is -0.351 e. The molecule has 7 heteroatoms. The second-order valence-electron chi connectivity index (χ2n) is 7.74. The first kappa shape index (κ1) is 18.6. The Morgan fingerprint density at radius 2 is 2.00 bits per heavy atom. The number of aromatic amines is 1.